The summed E-state index contributed by atoms with van der Waals surface area (Å²) < 4.78 is 1.28. The molecule has 2 heterocycles. The molecule has 0 bridgehead atoms. The minimum Gasteiger partial charge on any atom is -0.241 e. The van der Waals surface area contributed by atoms with Crippen molar-refractivity contribution in [2.75, 3.05) is 0 Å². The average Bonchev–Trinajstić information content (AvgIpc) is 3.01. The quantitative estimate of drug-likeness (QED) is 0.581. The highest BCUT2D eigenvalue weighted by molar-refractivity contribution is 7.18. The van der Waals surface area contributed by atoms with Gasteiger partial charge in [-0.05, 0) is 42.8 Å². The largest absolute Gasteiger partial charge is 0.241 e. The lowest BCUT2D eigenvalue weighted by Crippen LogP contribution is -1.82. The lowest BCUT2D eigenvalue weighted by atomic mass is 10.2. The first kappa shape index (κ1) is 13.5. The fraction of sp³-hybridized carbons (Fsp3) is 0.235. The molecule has 0 atom stereocenters. The second kappa shape index (κ2) is 5.51. The average molecular weight is 299 g/mol. The monoisotopic (exact) mass is 299 g/mol. The van der Waals surface area contributed by atoms with E-state index in [0.717, 1.165) is 5.52 Å². The smallest absolute Gasteiger partial charge is 0.0963 e. The molecule has 0 amide bonds. The van der Waals surface area contributed by atoms with Gasteiger partial charge in [0.25, 0.3) is 0 Å². The molecule has 0 radical (unpaired) electrons. The highest BCUT2D eigenvalue weighted by atomic mass is 32.1. The number of thiophene rings is 1. The van der Waals surface area contributed by atoms with Crippen molar-refractivity contribution < 1.29 is 0 Å². The van der Waals surface area contributed by atoms with Crippen molar-refractivity contribution in [2.45, 2.75) is 26.7 Å². The molecular formula is C17H17NS2. The van der Waals surface area contributed by atoms with E-state index in [2.05, 4.69) is 68.2 Å². The van der Waals surface area contributed by atoms with E-state index in [1.165, 1.54) is 25.0 Å². The van der Waals surface area contributed by atoms with Gasteiger partial charge in [0.1, 0.15) is 0 Å². The SMILES string of the molecule is Cc1ccc(/C=C/c2ccc3nc(C(C)C)sc3c2)s1. The third kappa shape index (κ3) is 2.84. The molecule has 3 rings (SSSR count). The highest BCUT2D eigenvalue weighted by Gasteiger charge is 2.07. The van der Waals surface area contributed by atoms with Gasteiger partial charge in [0.2, 0.25) is 0 Å². The zero-order valence-electron chi connectivity index (χ0n) is 11.9. The highest BCUT2D eigenvalue weighted by Crippen LogP contribution is 2.28. The summed E-state index contributed by atoms with van der Waals surface area (Å²) in [5.74, 6) is 0.500. The summed E-state index contributed by atoms with van der Waals surface area (Å²) in [7, 11) is 0. The maximum atomic E-state index is 4.67. The summed E-state index contributed by atoms with van der Waals surface area (Å²) in [4.78, 5) is 7.32. The summed E-state index contributed by atoms with van der Waals surface area (Å²) in [5.41, 5.74) is 2.35. The Morgan fingerprint density at radius 1 is 1.05 bits per heavy atom. The summed E-state index contributed by atoms with van der Waals surface area (Å²) in [5, 5.41) is 1.22. The maximum absolute atomic E-state index is 4.67. The fourth-order valence-electron chi connectivity index (χ4n) is 2.03. The Bertz CT molecular complexity index is 762. The van der Waals surface area contributed by atoms with Crippen LogP contribution >= 0.6 is 22.7 Å². The van der Waals surface area contributed by atoms with Gasteiger partial charge in [0.05, 0.1) is 15.2 Å². The van der Waals surface area contributed by atoms with Crippen LogP contribution in [0.25, 0.3) is 22.4 Å². The number of nitrogens with zero attached hydrogens (tertiary/aromatic N) is 1. The van der Waals surface area contributed by atoms with E-state index in [9.17, 15) is 0 Å². The number of hydrogen-bond acceptors (Lipinski definition) is 3. The zero-order valence-corrected chi connectivity index (χ0v) is 13.5. The molecule has 0 N–H and O–H groups in total. The number of aromatic nitrogens is 1. The molecule has 0 spiro atoms. The predicted molar refractivity (Wildman–Crippen MR) is 91.7 cm³/mol. The second-order valence-corrected chi connectivity index (χ2v) is 7.60. The predicted octanol–water partition coefficient (Wildman–Crippen LogP) is 5.96. The minimum absolute atomic E-state index is 0.500. The van der Waals surface area contributed by atoms with Gasteiger partial charge in [0.15, 0.2) is 0 Å². The molecule has 102 valence electrons. The molecule has 20 heavy (non-hydrogen) atoms. The van der Waals surface area contributed by atoms with E-state index in [0.29, 0.717) is 5.92 Å². The van der Waals surface area contributed by atoms with Gasteiger partial charge in [-0.1, -0.05) is 26.0 Å². The number of fused-ring (bicyclic) bond motifs is 1. The Balaban J connectivity index is 1.90. The lowest BCUT2D eigenvalue weighted by molar-refractivity contribution is 0.857. The van der Waals surface area contributed by atoms with Crippen molar-refractivity contribution >= 4 is 45.0 Å². The van der Waals surface area contributed by atoms with Crippen LogP contribution in [0.1, 0.15) is 40.1 Å². The Hall–Kier alpha value is -1.45. The van der Waals surface area contributed by atoms with Gasteiger partial charge in [-0.2, -0.15) is 0 Å². The summed E-state index contributed by atoms with van der Waals surface area (Å²) in [6.07, 6.45) is 4.36. The van der Waals surface area contributed by atoms with E-state index in [4.69, 9.17) is 0 Å². The van der Waals surface area contributed by atoms with Gasteiger partial charge in [-0.15, -0.1) is 22.7 Å². The number of thiazole rings is 1. The van der Waals surface area contributed by atoms with Gasteiger partial charge < -0.3 is 0 Å². The molecule has 0 fully saturated rings. The Morgan fingerprint density at radius 2 is 1.90 bits per heavy atom. The van der Waals surface area contributed by atoms with E-state index >= 15 is 0 Å². The Kier molecular flexibility index (Phi) is 3.72. The fourth-order valence-corrected chi connectivity index (χ4v) is 3.83. The van der Waals surface area contributed by atoms with Crippen LogP contribution in [-0.2, 0) is 0 Å². The van der Waals surface area contributed by atoms with Crippen LogP contribution in [0.3, 0.4) is 0 Å². The van der Waals surface area contributed by atoms with E-state index in [1.807, 2.05) is 11.3 Å². The summed E-state index contributed by atoms with van der Waals surface area (Å²) in [6.45, 7) is 6.52. The van der Waals surface area contributed by atoms with Crippen molar-refractivity contribution in [1.29, 1.82) is 0 Å². The summed E-state index contributed by atoms with van der Waals surface area (Å²) >= 11 is 3.63. The molecule has 2 aromatic heterocycles. The van der Waals surface area contributed by atoms with Crippen molar-refractivity contribution in [3.8, 4) is 0 Å². The van der Waals surface area contributed by atoms with Gasteiger partial charge in [-0.3, -0.25) is 0 Å². The molecule has 0 saturated heterocycles. The van der Waals surface area contributed by atoms with Crippen LogP contribution in [0, 0.1) is 6.92 Å². The first-order valence-electron chi connectivity index (χ1n) is 6.77. The lowest BCUT2D eigenvalue weighted by Gasteiger charge is -1.94. The molecule has 0 aliphatic heterocycles. The number of benzene rings is 1. The molecule has 3 aromatic rings. The molecule has 0 aliphatic rings. The van der Waals surface area contributed by atoms with Crippen molar-refractivity contribution in [3.63, 3.8) is 0 Å². The van der Waals surface area contributed by atoms with Gasteiger partial charge >= 0.3 is 0 Å². The molecule has 3 heteroatoms. The van der Waals surface area contributed by atoms with Crippen LogP contribution in [0.15, 0.2) is 30.3 Å². The van der Waals surface area contributed by atoms with Gasteiger partial charge in [-0.25, -0.2) is 4.98 Å². The van der Waals surface area contributed by atoms with Crippen LogP contribution in [-0.4, -0.2) is 4.98 Å². The van der Waals surface area contributed by atoms with E-state index in [1.54, 1.807) is 11.3 Å². The van der Waals surface area contributed by atoms with Crippen molar-refractivity contribution in [2.24, 2.45) is 0 Å². The van der Waals surface area contributed by atoms with Gasteiger partial charge in [0, 0.05) is 15.7 Å². The number of rotatable bonds is 3. The Labute approximate surface area is 127 Å². The molecular weight excluding hydrogens is 282 g/mol. The van der Waals surface area contributed by atoms with Crippen LogP contribution in [0.4, 0.5) is 0 Å². The molecule has 0 saturated carbocycles. The standard InChI is InChI=1S/C17H17NS2/c1-11(2)17-18-15-9-6-13(10-16(15)20-17)5-8-14-7-4-12(3)19-14/h4-11H,1-3H3/b8-5+. The molecule has 1 aromatic carbocycles. The van der Waals surface area contributed by atoms with Crippen LogP contribution in [0.5, 0.6) is 0 Å². The van der Waals surface area contributed by atoms with E-state index in [-0.39, 0.29) is 0 Å². The van der Waals surface area contributed by atoms with Crippen molar-refractivity contribution in [1.82, 2.24) is 4.98 Å². The zero-order chi connectivity index (χ0) is 14.1. The van der Waals surface area contributed by atoms with E-state index < -0.39 is 0 Å². The topological polar surface area (TPSA) is 12.9 Å². The second-order valence-electron chi connectivity index (χ2n) is 5.22. The first-order valence-corrected chi connectivity index (χ1v) is 8.40. The number of aryl methyl sites for hydroxylation is 1. The van der Waals surface area contributed by atoms with Crippen LogP contribution in [0.2, 0.25) is 0 Å². The normalized spacial score (nSPS) is 12.0. The number of hydrogen-bond donors (Lipinski definition) is 0. The first-order chi connectivity index (χ1) is 9.61. The molecule has 0 unspecified atom stereocenters. The third-order valence-electron chi connectivity index (χ3n) is 3.12. The molecule has 1 nitrogen and oxygen atoms in total. The van der Waals surface area contributed by atoms with Crippen LogP contribution < -0.4 is 0 Å². The third-order valence-corrected chi connectivity index (χ3v) is 5.41. The Morgan fingerprint density at radius 3 is 2.60 bits per heavy atom. The minimum atomic E-state index is 0.500. The molecule has 0 aliphatic carbocycles. The summed E-state index contributed by atoms with van der Waals surface area (Å²) in [6, 6.07) is 10.8. The maximum Gasteiger partial charge on any atom is 0.0963 e. The van der Waals surface area contributed by atoms with Crippen molar-refractivity contribution in [3.05, 3.63) is 50.7 Å².